The summed E-state index contributed by atoms with van der Waals surface area (Å²) in [6.07, 6.45) is 0.185. The molecule has 0 saturated heterocycles. The number of ketones is 2. The van der Waals surface area contributed by atoms with Crippen molar-refractivity contribution in [3.63, 3.8) is 0 Å². The number of carbonyl (C=O) groups excluding carboxylic acids is 3. The summed E-state index contributed by atoms with van der Waals surface area (Å²) in [5, 5.41) is 46.3. The number of phenolic OH excluding ortho intramolecular Hbond substituents is 1. The lowest BCUT2D eigenvalue weighted by molar-refractivity contribution is -0.153. The van der Waals surface area contributed by atoms with Gasteiger partial charge in [0.1, 0.15) is 22.8 Å². The Hall–Kier alpha value is -4.35. The molecule has 1 heterocycles. The minimum Gasteiger partial charge on any atom is -0.508 e. The number of phenols is 1. The van der Waals surface area contributed by atoms with E-state index in [-0.39, 0.29) is 36.5 Å². The molecule has 6 rings (SSSR count). The van der Waals surface area contributed by atoms with Crippen LogP contribution in [0.4, 0.5) is 0 Å². The van der Waals surface area contributed by atoms with Crippen LogP contribution in [0, 0.1) is 11.8 Å². The van der Waals surface area contributed by atoms with E-state index in [0.717, 1.165) is 5.56 Å². The van der Waals surface area contributed by atoms with E-state index < -0.39 is 63.5 Å². The maximum Gasteiger partial charge on any atom is 0.255 e. The molecule has 0 bridgehead atoms. The number of aliphatic hydroxyl groups is 3. The number of likely N-dealkylation sites (N-methyl/N-ethyl adjacent to an activating group) is 1. The smallest absolute Gasteiger partial charge is 0.255 e. The molecule has 0 unspecified atom stereocenters. The summed E-state index contributed by atoms with van der Waals surface area (Å²) < 4.78 is 11.1. The molecular weight excluding hydrogens is 556 g/mol. The Labute approximate surface area is 247 Å². The normalized spacial score (nSPS) is 26.4. The van der Waals surface area contributed by atoms with Gasteiger partial charge in [0, 0.05) is 17.1 Å². The van der Waals surface area contributed by atoms with Crippen molar-refractivity contribution in [1.82, 2.24) is 4.90 Å². The van der Waals surface area contributed by atoms with Gasteiger partial charge in [-0.25, -0.2) is 0 Å². The molecule has 11 heteroatoms. The fourth-order valence-electron chi connectivity index (χ4n) is 7.20. The predicted molar refractivity (Wildman–Crippen MR) is 155 cm³/mol. The van der Waals surface area contributed by atoms with Crippen molar-refractivity contribution < 1.29 is 44.3 Å². The average molecular weight is 591 g/mol. The lowest BCUT2D eigenvalue weighted by atomic mass is 9.57. The molecule has 226 valence electrons. The van der Waals surface area contributed by atoms with Gasteiger partial charge in [-0.2, -0.15) is 0 Å². The number of amides is 1. The molecule has 3 aliphatic carbocycles. The van der Waals surface area contributed by atoms with E-state index in [1.165, 1.54) is 4.90 Å². The standard InChI is InChI=1S/C32H34N2O9/c1-31(2,3)18-11-15(13-6-7-19-20(10-13)43-12-42-19)16-8-14-9-17-24(34(4)5)27(37)23(30(33)40)29(39)32(17,41)28(38)21(14)26(36)22(16)25(18)35/h6-7,10-11,14,17,24,35-36,39,41H,8-9,12H2,1-5H3,(H2,33,40)/t14-,17-,24-,32-/m0/s1. The maximum atomic E-state index is 14.2. The van der Waals surface area contributed by atoms with Crippen LogP contribution in [-0.2, 0) is 26.2 Å². The van der Waals surface area contributed by atoms with E-state index in [0.29, 0.717) is 28.2 Å². The number of hydrogen-bond acceptors (Lipinski definition) is 10. The van der Waals surface area contributed by atoms with Gasteiger partial charge in [-0.15, -0.1) is 0 Å². The van der Waals surface area contributed by atoms with Crippen molar-refractivity contribution in [2.24, 2.45) is 17.6 Å². The molecule has 11 nitrogen and oxygen atoms in total. The van der Waals surface area contributed by atoms with E-state index in [1.54, 1.807) is 20.2 Å². The molecule has 6 N–H and O–H groups in total. The van der Waals surface area contributed by atoms with Gasteiger partial charge in [0.15, 0.2) is 22.9 Å². The van der Waals surface area contributed by atoms with E-state index in [9.17, 15) is 34.8 Å². The maximum absolute atomic E-state index is 14.2. The summed E-state index contributed by atoms with van der Waals surface area (Å²) in [5.74, 6) is -5.65. The summed E-state index contributed by atoms with van der Waals surface area (Å²) in [6, 6.07) is 6.17. The molecule has 4 aliphatic rings. The number of Topliss-reactive ketones (excluding diaryl/α,β-unsaturated/α-hetero) is 2. The zero-order valence-electron chi connectivity index (χ0n) is 24.5. The molecule has 0 radical (unpaired) electrons. The number of hydrogen-bond donors (Lipinski definition) is 5. The van der Waals surface area contributed by atoms with Crippen LogP contribution < -0.4 is 15.2 Å². The largest absolute Gasteiger partial charge is 0.508 e. The highest BCUT2D eigenvalue weighted by atomic mass is 16.7. The van der Waals surface area contributed by atoms with Gasteiger partial charge in [-0.05, 0) is 73.2 Å². The first-order valence-electron chi connectivity index (χ1n) is 14.0. The van der Waals surface area contributed by atoms with Crippen LogP contribution in [0.15, 0.2) is 41.2 Å². The number of rotatable bonds is 3. The first kappa shape index (κ1) is 28.8. The topological polar surface area (TPSA) is 180 Å². The third-order valence-electron chi connectivity index (χ3n) is 9.21. The second-order valence-electron chi connectivity index (χ2n) is 13.0. The molecule has 0 spiro atoms. The molecule has 1 fully saturated rings. The predicted octanol–water partition coefficient (Wildman–Crippen LogP) is 2.66. The molecule has 1 saturated carbocycles. The third-order valence-corrected chi connectivity index (χ3v) is 9.21. The number of carbonyl (C=O) groups is 3. The summed E-state index contributed by atoms with van der Waals surface area (Å²) in [6.45, 7) is 5.80. The van der Waals surface area contributed by atoms with E-state index in [4.69, 9.17) is 15.2 Å². The number of aliphatic hydroxyl groups excluding tert-OH is 2. The number of nitrogens with zero attached hydrogens (tertiary/aromatic N) is 1. The Morgan fingerprint density at radius 2 is 1.74 bits per heavy atom. The second-order valence-corrected chi connectivity index (χ2v) is 13.0. The first-order chi connectivity index (χ1) is 20.1. The fraction of sp³-hybridized carbons (Fsp3) is 0.406. The van der Waals surface area contributed by atoms with Gasteiger partial charge < -0.3 is 35.6 Å². The SMILES string of the molecule is CN(C)[C@@H]1C(=O)C(C(N)=O)=C(O)[C@@]2(O)C(=O)C3=C(O)c4c(O)c(C(C)(C)C)cc(-c5ccc6c(c5)OCO6)c4C[C@H]3C[C@@H]12. The van der Waals surface area contributed by atoms with Gasteiger partial charge in [-0.3, -0.25) is 19.3 Å². The van der Waals surface area contributed by atoms with Crippen LogP contribution in [0.25, 0.3) is 16.9 Å². The van der Waals surface area contributed by atoms with Crippen molar-refractivity contribution in [2.45, 2.75) is 50.7 Å². The van der Waals surface area contributed by atoms with Crippen LogP contribution in [0.5, 0.6) is 17.2 Å². The van der Waals surface area contributed by atoms with Gasteiger partial charge >= 0.3 is 0 Å². The first-order valence-corrected chi connectivity index (χ1v) is 14.0. The quantitative estimate of drug-likeness (QED) is 0.334. The van der Waals surface area contributed by atoms with Gasteiger partial charge in [0.05, 0.1) is 11.6 Å². The zero-order valence-corrected chi connectivity index (χ0v) is 24.5. The Morgan fingerprint density at radius 1 is 1.07 bits per heavy atom. The van der Waals surface area contributed by atoms with Crippen LogP contribution in [0.1, 0.15) is 43.9 Å². The molecule has 4 atom stereocenters. The minimum atomic E-state index is -2.69. The highest BCUT2D eigenvalue weighted by Crippen LogP contribution is 2.55. The highest BCUT2D eigenvalue weighted by molar-refractivity contribution is 6.24. The van der Waals surface area contributed by atoms with Crippen molar-refractivity contribution >= 4 is 23.2 Å². The summed E-state index contributed by atoms with van der Waals surface area (Å²) in [4.78, 5) is 41.3. The molecule has 0 aromatic heterocycles. The molecule has 2 aromatic carbocycles. The highest BCUT2D eigenvalue weighted by Gasteiger charge is 2.64. The number of ether oxygens (including phenoxy) is 2. The van der Waals surface area contributed by atoms with E-state index in [1.807, 2.05) is 39.0 Å². The van der Waals surface area contributed by atoms with Crippen molar-refractivity contribution in [1.29, 1.82) is 0 Å². The van der Waals surface area contributed by atoms with Gasteiger partial charge in [0.2, 0.25) is 12.6 Å². The molecule has 43 heavy (non-hydrogen) atoms. The van der Waals surface area contributed by atoms with Crippen LogP contribution in [-0.4, -0.2) is 75.3 Å². The number of aromatic hydroxyl groups is 1. The molecule has 2 aromatic rings. The van der Waals surface area contributed by atoms with Crippen molar-refractivity contribution in [3.05, 3.63) is 57.9 Å². The number of benzene rings is 2. The second kappa shape index (κ2) is 9.32. The Bertz CT molecular complexity index is 1700. The van der Waals surface area contributed by atoms with Crippen LogP contribution >= 0.6 is 0 Å². The number of fused-ring (bicyclic) bond motifs is 4. The minimum absolute atomic E-state index is 0.00806. The van der Waals surface area contributed by atoms with E-state index in [2.05, 4.69) is 0 Å². The lowest BCUT2D eigenvalue weighted by Crippen LogP contribution is -2.65. The van der Waals surface area contributed by atoms with Crippen LogP contribution in [0.3, 0.4) is 0 Å². The van der Waals surface area contributed by atoms with Crippen LogP contribution in [0.2, 0.25) is 0 Å². The number of nitrogens with two attached hydrogens (primary N) is 1. The summed E-state index contributed by atoms with van der Waals surface area (Å²) in [7, 11) is 3.13. The zero-order chi connectivity index (χ0) is 31.3. The summed E-state index contributed by atoms with van der Waals surface area (Å²) in [5.41, 5.74) is 3.70. The van der Waals surface area contributed by atoms with Gasteiger partial charge in [0.25, 0.3) is 5.91 Å². The third kappa shape index (κ3) is 3.91. The van der Waals surface area contributed by atoms with E-state index >= 15 is 0 Å². The molecular formula is C32H34N2O9. The Balaban J connectivity index is 1.61. The monoisotopic (exact) mass is 590 g/mol. The van der Waals surface area contributed by atoms with Crippen molar-refractivity contribution in [2.75, 3.05) is 20.9 Å². The Kier molecular flexibility index (Phi) is 6.23. The molecule has 1 aliphatic heterocycles. The van der Waals surface area contributed by atoms with Crippen molar-refractivity contribution in [3.8, 4) is 28.4 Å². The molecule has 1 amide bonds. The average Bonchev–Trinajstić information content (AvgIpc) is 3.38. The Morgan fingerprint density at radius 3 is 2.37 bits per heavy atom. The van der Waals surface area contributed by atoms with Gasteiger partial charge in [-0.1, -0.05) is 26.8 Å². The summed E-state index contributed by atoms with van der Waals surface area (Å²) >= 11 is 0. The fourth-order valence-corrected chi connectivity index (χ4v) is 7.20. The number of primary amides is 1. The lowest BCUT2D eigenvalue weighted by Gasteiger charge is -2.50.